The average Bonchev–Trinajstić information content (AvgIpc) is 2.68. The summed E-state index contributed by atoms with van der Waals surface area (Å²) in [6.45, 7) is 5.93. The number of carbonyl (C=O) groups is 1. The van der Waals surface area contributed by atoms with Gasteiger partial charge >= 0.3 is 0 Å². The number of fused-ring (bicyclic) bond motifs is 1. The first kappa shape index (κ1) is 11.6. The second-order valence-electron chi connectivity index (χ2n) is 4.31. The van der Waals surface area contributed by atoms with Gasteiger partial charge in [-0.05, 0) is 32.4 Å². The third-order valence-electron chi connectivity index (χ3n) is 2.87. The molecule has 0 aliphatic heterocycles. The molecule has 1 aromatic heterocycles. The Morgan fingerprint density at radius 2 is 2.29 bits per heavy atom. The van der Waals surface area contributed by atoms with E-state index < -0.39 is 0 Å². The molecule has 2 N–H and O–H groups in total. The van der Waals surface area contributed by atoms with Gasteiger partial charge in [-0.3, -0.25) is 4.79 Å². The first-order chi connectivity index (χ1) is 8.11. The van der Waals surface area contributed by atoms with E-state index in [0.717, 1.165) is 23.3 Å². The van der Waals surface area contributed by atoms with Crippen LogP contribution in [0.5, 0.6) is 0 Å². The summed E-state index contributed by atoms with van der Waals surface area (Å²) in [5.41, 5.74) is 2.28. The van der Waals surface area contributed by atoms with E-state index in [0.29, 0.717) is 5.56 Å². The van der Waals surface area contributed by atoms with Crippen molar-refractivity contribution in [3.05, 3.63) is 29.6 Å². The molecule has 4 heteroatoms. The van der Waals surface area contributed by atoms with E-state index in [-0.39, 0.29) is 11.9 Å². The molecule has 0 fully saturated rings. The Kier molecular flexibility index (Phi) is 3.13. The number of hydrogen-bond donors (Lipinski definition) is 2. The Hall–Kier alpha value is -1.84. The summed E-state index contributed by atoms with van der Waals surface area (Å²) in [6, 6.07) is 5.78. The number of amides is 1. The minimum atomic E-state index is -0.0588. The molecule has 90 valence electrons. The molecule has 2 rings (SSSR count). The maximum absolute atomic E-state index is 12.1. The van der Waals surface area contributed by atoms with Crippen molar-refractivity contribution in [3.8, 4) is 0 Å². The fourth-order valence-corrected chi connectivity index (χ4v) is 1.74. The fraction of sp³-hybridized carbons (Fsp3) is 0.385. The summed E-state index contributed by atoms with van der Waals surface area (Å²) in [5.74, 6) is 0.764. The van der Waals surface area contributed by atoms with Gasteiger partial charge in [0.15, 0.2) is 0 Å². The number of H-pyrrole nitrogens is 1. The Balaban J connectivity index is 2.37. The van der Waals surface area contributed by atoms with Crippen molar-refractivity contribution in [2.24, 2.45) is 0 Å². The van der Waals surface area contributed by atoms with Crippen LogP contribution in [0.15, 0.2) is 18.2 Å². The van der Waals surface area contributed by atoms with E-state index >= 15 is 0 Å². The molecule has 1 amide bonds. The lowest BCUT2D eigenvalue weighted by Crippen LogP contribution is -2.32. The molecule has 1 aromatic carbocycles. The molecule has 1 unspecified atom stereocenters. The van der Waals surface area contributed by atoms with Crippen LogP contribution in [-0.2, 0) is 0 Å². The topological polar surface area (TPSA) is 57.8 Å². The number of nitrogens with one attached hydrogen (secondary N) is 2. The SMILES string of the molecule is CCC(C)NC(=O)c1cccc2[nH]c(C)nc12. The van der Waals surface area contributed by atoms with Crippen molar-refractivity contribution < 1.29 is 4.79 Å². The number of para-hydroxylation sites is 1. The van der Waals surface area contributed by atoms with Gasteiger partial charge in [0.1, 0.15) is 11.3 Å². The van der Waals surface area contributed by atoms with Gasteiger partial charge in [0, 0.05) is 6.04 Å². The number of nitrogens with zero attached hydrogens (tertiary/aromatic N) is 1. The molecule has 2 aromatic rings. The third-order valence-corrected chi connectivity index (χ3v) is 2.87. The quantitative estimate of drug-likeness (QED) is 0.852. The highest BCUT2D eigenvalue weighted by atomic mass is 16.1. The van der Waals surface area contributed by atoms with Crippen LogP contribution in [0.4, 0.5) is 0 Å². The van der Waals surface area contributed by atoms with Gasteiger partial charge in [0.25, 0.3) is 5.91 Å². The fourth-order valence-electron chi connectivity index (χ4n) is 1.74. The number of aryl methyl sites for hydroxylation is 1. The smallest absolute Gasteiger partial charge is 0.253 e. The highest BCUT2D eigenvalue weighted by Gasteiger charge is 2.13. The van der Waals surface area contributed by atoms with Gasteiger partial charge in [-0.25, -0.2) is 4.98 Å². The zero-order valence-electron chi connectivity index (χ0n) is 10.4. The number of hydrogen-bond acceptors (Lipinski definition) is 2. The predicted octanol–water partition coefficient (Wildman–Crippen LogP) is 2.40. The van der Waals surface area contributed by atoms with Gasteiger partial charge in [-0.15, -0.1) is 0 Å². The number of benzene rings is 1. The molecule has 1 atom stereocenters. The Labute approximate surface area is 100 Å². The Bertz CT molecular complexity index is 545. The van der Waals surface area contributed by atoms with Crippen molar-refractivity contribution >= 4 is 16.9 Å². The van der Waals surface area contributed by atoms with Gasteiger partial charge in [0.2, 0.25) is 0 Å². The van der Waals surface area contributed by atoms with Crippen LogP contribution in [0.25, 0.3) is 11.0 Å². The summed E-state index contributed by atoms with van der Waals surface area (Å²) in [4.78, 5) is 19.6. The van der Waals surface area contributed by atoms with Gasteiger partial charge in [0.05, 0.1) is 11.1 Å². The maximum atomic E-state index is 12.1. The standard InChI is InChI=1S/C13H17N3O/c1-4-8(2)14-13(17)10-6-5-7-11-12(10)16-9(3)15-11/h5-8H,4H2,1-3H3,(H,14,17)(H,15,16). The first-order valence-corrected chi connectivity index (χ1v) is 5.88. The largest absolute Gasteiger partial charge is 0.350 e. The van der Waals surface area contributed by atoms with Crippen molar-refractivity contribution in [1.29, 1.82) is 0 Å². The second-order valence-corrected chi connectivity index (χ2v) is 4.31. The maximum Gasteiger partial charge on any atom is 0.253 e. The zero-order chi connectivity index (χ0) is 12.4. The van der Waals surface area contributed by atoms with Crippen LogP contribution in [0, 0.1) is 6.92 Å². The lowest BCUT2D eigenvalue weighted by Gasteiger charge is -2.11. The van der Waals surface area contributed by atoms with Crippen LogP contribution >= 0.6 is 0 Å². The van der Waals surface area contributed by atoms with E-state index in [2.05, 4.69) is 15.3 Å². The molecule has 0 saturated carbocycles. The van der Waals surface area contributed by atoms with E-state index in [1.807, 2.05) is 32.9 Å². The number of imidazole rings is 1. The number of aromatic amines is 1. The van der Waals surface area contributed by atoms with Gasteiger partial charge < -0.3 is 10.3 Å². The summed E-state index contributed by atoms with van der Waals surface area (Å²) in [6.07, 6.45) is 0.918. The average molecular weight is 231 g/mol. The lowest BCUT2D eigenvalue weighted by molar-refractivity contribution is 0.0941. The summed E-state index contributed by atoms with van der Waals surface area (Å²) < 4.78 is 0. The molecule has 0 radical (unpaired) electrons. The molecule has 0 spiro atoms. The first-order valence-electron chi connectivity index (χ1n) is 5.88. The summed E-state index contributed by atoms with van der Waals surface area (Å²) in [7, 11) is 0. The van der Waals surface area contributed by atoms with E-state index in [1.54, 1.807) is 6.07 Å². The minimum absolute atomic E-state index is 0.0588. The number of rotatable bonds is 3. The minimum Gasteiger partial charge on any atom is -0.350 e. The summed E-state index contributed by atoms with van der Waals surface area (Å²) >= 11 is 0. The predicted molar refractivity (Wildman–Crippen MR) is 68.0 cm³/mol. The Morgan fingerprint density at radius 3 is 3.00 bits per heavy atom. The molecule has 0 aliphatic rings. The number of aromatic nitrogens is 2. The normalized spacial score (nSPS) is 12.6. The highest BCUT2D eigenvalue weighted by Crippen LogP contribution is 2.16. The molecule has 0 aliphatic carbocycles. The Morgan fingerprint density at radius 1 is 1.53 bits per heavy atom. The van der Waals surface area contributed by atoms with Crippen LogP contribution in [0.2, 0.25) is 0 Å². The molecule has 17 heavy (non-hydrogen) atoms. The monoisotopic (exact) mass is 231 g/mol. The zero-order valence-corrected chi connectivity index (χ0v) is 10.4. The van der Waals surface area contributed by atoms with Crippen LogP contribution in [0.1, 0.15) is 36.5 Å². The third kappa shape index (κ3) is 2.30. The molecule has 0 bridgehead atoms. The molecule has 4 nitrogen and oxygen atoms in total. The van der Waals surface area contributed by atoms with Gasteiger partial charge in [-0.2, -0.15) is 0 Å². The molecular formula is C13H17N3O. The van der Waals surface area contributed by atoms with Crippen molar-refractivity contribution in [2.45, 2.75) is 33.2 Å². The van der Waals surface area contributed by atoms with Crippen molar-refractivity contribution in [1.82, 2.24) is 15.3 Å². The van der Waals surface area contributed by atoms with Crippen LogP contribution < -0.4 is 5.32 Å². The van der Waals surface area contributed by atoms with E-state index in [4.69, 9.17) is 0 Å². The van der Waals surface area contributed by atoms with E-state index in [1.165, 1.54) is 0 Å². The van der Waals surface area contributed by atoms with Crippen molar-refractivity contribution in [2.75, 3.05) is 0 Å². The second kappa shape index (κ2) is 4.57. The highest BCUT2D eigenvalue weighted by molar-refractivity contribution is 6.04. The van der Waals surface area contributed by atoms with E-state index in [9.17, 15) is 4.79 Å². The lowest BCUT2D eigenvalue weighted by atomic mass is 10.1. The summed E-state index contributed by atoms with van der Waals surface area (Å²) in [5, 5.41) is 2.95. The molecule has 1 heterocycles. The van der Waals surface area contributed by atoms with Gasteiger partial charge in [-0.1, -0.05) is 13.0 Å². The van der Waals surface area contributed by atoms with Crippen molar-refractivity contribution in [3.63, 3.8) is 0 Å². The van der Waals surface area contributed by atoms with Crippen LogP contribution in [-0.4, -0.2) is 21.9 Å². The van der Waals surface area contributed by atoms with Crippen LogP contribution in [0.3, 0.4) is 0 Å². The molecule has 0 saturated heterocycles. The molecular weight excluding hydrogens is 214 g/mol. The number of carbonyl (C=O) groups excluding carboxylic acids is 1.